The molecular weight excluding hydrogens is 248 g/mol. The van der Waals surface area contributed by atoms with E-state index in [9.17, 15) is 5.26 Å². The summed E-state index contributed by atoms with van der Waals surface area (Å²) in [4.78, 5) is 4.80. The van der Waals surface area contributed by atoms with Crippen LogP contribution in [0.5, 0.6) is 0 Å². The zero-order valence-electron chi connectivity index (χ0n) is 13.4. The van der Waals surface area contributed by atoms with Crippen molar-refractivity contribution in [2.75, 3.05) is 46.8 Å². The van der Waals surface area contributed by atoms with Gasteiger partial charge in [0.05, 0.1) is 6.07 Å². The zero-order chi connectivity index (χ0) is 14.6. The Bertz CT molecular complexity index is 339. The molecular formula is C16H30N4. The molecule has 0 radical (unpaired) electrons. The molecule has 1 atom stereocenters. The Morgan fingerprint density at radius 1 is 1.30 bits per heavy atom. The van der Waals surface area contributed by atoms with Gasteiger partial charge in [0, 0.05) is 13.1 Å². The summed E-state index contributed by atoms with van der Waals surface area (Å²) in [5.41, 5.74) is -0.311. The summed E-state index contributed by atoms with van der Waals surface area (Å²) < 4.78 is 0. The molecule has 2 fully saturated rings. The highest BCUT2D eigenvalue weighted by molar-refractivity contribution is 5.16. The molecule has 1 aliphatic carbocycles. The van der Waals surface area contributed by atoms with Gasteiger partial charge in [-0.25, -0.2) is 0 Å². The molecule has 0 aromatic heterocycles. The number of hydrogen-bond donors (Lipinski definition) is 1. The normalized spacial score (nSPS) is 24.6. The number of rotatable bonds is 7. The molecule has 2 aliphatic rings. The highest BCUT2D eigenvalue weighted by Crippen LogP contribution is 2.40. The van der Waals surface area contributed by atoms with Crippen LogP contribution in [0.15, 0.2) is 0 Å². The fourth-order valence-electron chi connectivity index (χ4n) is 3.56. The number of nitrogens with one attached hydrogen (secondary N) is 1. The van der Waals surface area contributed by atoms with E-state index in [0.717, 1.165) is 25.6 Å². The Morgan fingerprint density at radius 2 is 1.95 bits per heavy atom. The number of likely N-dealkylation sites (N-methyl/N-ethyl adjacent to an activating group) is 2. The van der Waals surface area contributed by atoms with Crippen molar-refractivity contribution in [3.8, 4) is 6.07 Å². The summed E-state index contributed by atoms with van der Waals surface area (Å²) in [6.07, 6.45) is 5.02. The van der Waals surface area contributed by atoms with Crippen molar-refractivity contribution in [1.29, 1.82) is 5.26 Å². The predicted molar refractivity (Wildman–Crippen MR) is 82.5 cm³/mol. The van der Waals surface area contributed by atoms with E-state index in [1.165, 1.54) is 38.8 Å². The molecule has 20 heavy (non-hydrogen) atoms. The summed E-state index contributed by atoms with van der Waals surface area (Å²) in [7, 11) is 4.39. The Hall–Kier alpha value is -0.630. The number of hydrogen-bond acceptors (Lipinski definition) is 4. The lowest BCUT2D eigenvalue weighted by molar-refractivity contribution is 0.155. The zero-order valence-corrected chi connectivity index (χ0v) is 13.4. The van der Waals surface area contributed by atoms with Gasteiger partial charge in [0.25, 0.3) is 0 Å². The molecule has 114 valence electrons. The molecule has 1 unspecified atom stereocenters. The first-order chi connectivity index (χ1) is 9.59. The maximum absolute atomic E-state index is 9.66. The summed E-state index contributed by atoms with van der Waals surface area (Å²) in [6, 6.07) is 2.59. The van der Waals surface area contributed by atoms with Gasteiger partial charge in [-0.05, 0) is 71.2 Å². The van der Waals surface area contributed by atoms with Crippen LogP contribution in [-0.2, 0) is 0 Å². The van der Waals surface area contributed by atoms with Gasteiger partial charge in [-0.2, -0.15) is 5.26 Å². The monoisotopic (exact) mass is 278 g/mol. The number of nitriles is 1. The third kappa shape index (κ3) is 3.94. The van der Waals surface area contributed by atoms with E-state index in [-0.39, 0.29) is 5.54 Å². The number of piperidine rings is 1. The van der Waals surface area contributed by atoms with Crippen LogP contribution in [0.4, 0.5) is 0 Å². The van der Waals surface area contributed by atoms with E-state index in [2.05, 4.69) is 42.2 Å². The van der Waals surface area contributed by atoms with E-state index in [4.69, 9.17) is 0 Å². The minimum absolute atomic E-state index is 0.311. The van der Waals surface area contributed by atoms with Crippen LogP contribution in [0.25, 0.3) is 0 Å². The summed E-state index contributed by atoms with van der Waals surface area (Å²) in [5.74, 6) is 1.36. The summed E-state index contributed by atoms with van der Waals surface area (Å²) >= 11 is 0. The first-order valence-electron chi connectivity index (χ1n) is 8.13. The standard InChI is InChI=1S/C16H30N4/c1-4-18-16(12-17,15-5-6-15)13-20(3)11-14-7-9-19(2)10-8-14/h14-15,18H,4-11,13H2,1-3H3. The summed E-state index contributed by atoms with van der Waals surface area (Å²) in [6.45, 7) is 7.43. The second-order valence-corrected chi connectivity index (χ2v) is 6.83. The molecule has 4 nitrogen and oxygen atoms in total. The third-order valence-corrected chi connectivity index (χ3v) is 4.89. The van der Waals surface area contributed by atoms with Gasteiger partial charge in [0.15, 0.2) is 0 Å². The molecule has 0 spiro atoms. The molecule has 1 saturated heterocycles. The van der Waals surface area contributed by atoms with Gasteiger partial charge in [-0.3, -0.25) is 5.32 Å². The lowest BCUT2D eigenvalue weighted by Crippen LogP contribution is -2.54. The molecule has 1 saturated carbocycles. The lowest BCUT2D eigenvalue weighted by Gasteiger charge is -2.36. The van der Waals surface area contributed by atoms with Crippen molar-refractivity contribution in [2.45, 2.75) is 38.1 Å². The second-order valence-electron chi connectivity index (χ2n) is 6.83. The van der Waals surface area contributed by atoms with Gasteiger partial charge in [-0.15, -0.1) is 0 Å². The quantitative estimate of drug-likeness (QED) is 0.767. The van der Waals surface area contributed by atoms with E-state index in [0.29, 0.717) is 5.92 Å². The maximum atomic E-state index is 9.66. The smallest absolute Gasteiger partial charge is 0.122 e. The lowest BCUT2D eigenvalue weighted by atomic mass is 9.92. The van der Waals surface area contributed by atoms with Crippen LogP contribution in [0.2, 0.25) is 0 Å². The van der Waals surface area contributed by atoms with E-state index in [1.54, 1.807) is 0 Å². The van der Waals surface area contributed by atoms with Crippen molar-refractivity contribution in [2.24, 2.45) is 11.8 Å². The molecule has 0 aromatic rings. The second kappa shape index (κ2) is 6.89. The molecule has 1 heterocycles. The molecule has 4 heteroatoms. The molecule has 0 amide bonds. The van der Waals surface area contributed by atoms with Crippen LogP contribution in [0.3, 0.4) is 0 Å². The van der Waals surface area contributed by atoms with Crippen molar-refractivity contribution >= 4 is 0 Å². The molecule has 1 aliphatic heterocycles. The van der Waals surface area contributed by atoms with Crippen molar-refractivity contribution < 1.29 is 0 Å². The van der Waals surface area contributed by atoms with Crippen molar-refractivity contribution in [3.05, 3.63) is 0 Å². The molecule has 0 aromatic carbocycles. The molecule has 2 rings (SSSR count). The average Bonchev–Trinajstić information content (AvgIpc) is 3.25. The SMILES string of the molecule is CCNC(C#N)(CN(C)CC1CCN(C)CC1)C1CC1. The first-order valence-corrected chi connectivity index (χ1v) is 8.13. The minimum atomic E-state index is -0.311. The first kappa shape index (κ1) is 15.8. The van der Waals surface area contributed by atoms with Crippen LogP contribution >= 0.6 is 0 Å². The highest BCUT2D eigenvalue weighted by Gasteiger charge is 2.45. The predicted octanol–water partition coefficient (Wildman–Crippen LogP) is 1.54. The average molecular weight is 278 g/mol. The van der Waals surface area contributed by atoms with Crippen LogP contribution < -0.4 is 5.32 Å². The Labute approximate surface area is 124 Å². The van der Waals surface area contributed by atoms with Gasteiger partial charge in [-0.1, -0.05) is 6.92 Å². The minimum Gasteiger partial charge on any atom is -0.306 e. The number of likely N-dealkylation sites (tertiary alicyclic amines) is 1. The van der Waals surface area contributed by atoms with Crippen molar-refractivity contribution in [1.82, 2.24) is 15.1 Å². The molecule has 0 bridgehead atoms. The Kier molecular flexibility index (Phi) is 5.42. The topological polar surface area (TPSA) is 42.3 Å². The van der Waals surface area contributed by atoms with E-state index < -0.39 is 0 Å². The van der Waals surface area contributed by atoms with Crippen LogP contribution in [-0.4, -0.2) is 62.2 Å². The fraction of sp³-hybridized carbons (Fsp3) is 0.938. The van der Waals surface area contributed by atoms with Crippen molar-refractivity contribution in [3.63, 3.8) is 0 Å². The largest absolute Gasteiger partial charge is 0.306 e. The summed E-state index contributed by atoms with van der Waals surface area (Å²) in [5, 5.41) is 13.1. The maximum Gasteiger partial charge on any atom is 0.122 e. The van der Waals surface area contributed by atoms with Gasteiger partial charge in [0.2, 0.25) is 0 Å². The highest BCUT2D eigenvalue weighted by atomic mass is 15.2. The number of nitrogens with zero attached hydrogens (tertiary/aromatic N) is 3. The Balaban J connectivity index is 1.85. The molecule has 1 N–H and O–H groups in total. The Morgan fingerprint density at radius 3 is 2.45 bits per heavy atom. The van der Waals surface area contributed by atoms with Crippen LogP contribution in [0, 0.1) is 23.2 Å². The fourth-order valence-corrected chi connectivity index (χ4v) is 3.56. The van der Waals surface area contributed by atoms with Gasteiger partial charge < -0.3 is 9.80 Å². The van der Waals surface area contributed by atoms with Gasteiger partial charge in [0.1, 0.15) is 5.54 Å². The van der Waals surface area contributed by atoms with E-state index in [1.807, 2.05) is 0 Å². The third-order valence-electron chi connectivity index (χ3n) is 4.89. The van der Waals surface area contributed by atoms with Gasteiger partial charge >= 0.3 is 0 Å². The van der Waals surface area contributed by atoms with E-state index >= 15 is 0 Å². The van der Waals surface area contributed by atoms with Crippen LogP contribution in [0.1, 0.15) is 32.6 Å².